The molecule has 0 aromatic carbocycles. The summed E-state index contributed by atoms with van der Waals surface area (Å²) in [6, 6.07) is 0.607. The summed E-state index contributed by atoms with van der Waals surface area (Å²) in [4.78, 5) is 2.55. The number of nitrogens with one attached hydrogen (secondary N) is 1. The zero-order valence-corrected chi connectivity index (χ0v) is 11.3. The molecule has 0 aliphatic carbocycles. The van der Waals surface area contributed by atoms with Crippen molar-refractivity contribution in [3.63, 3.8) is 0 Å². The van der Waals surface area contributed by atoms with E-state index in [0.717, 1.165) is 26.2 Å². The van der Waals surface area contributed by atoms with Crippen LogP contribution in [0.4, 0.5) is 0 Å². The van der Waals surface area contributed by atoms with Gasteiger partial charge in [-0.25, -0.2) is 0 Å². The van der Waals surface area contributed by atoms with Crippen molar-refractivity contribution in [2.45, 2.75) is 46.3 Å². The van der Waals surface area contributed by atoms with Crippen LogP contribution >= 0.6 is 0 Å². The average molecular weight is 228 g/mol. The van der Waals surface area contributed by atoms with Gasteiger partial charge in [0.05, 0.1) is 6.10 Å². The minimum atomic E-state index is 0.386. The van der Waals surface area contributed by atoms with Crippen LogP contribution in [0.1, 0.15) is 34.1 Å². The molecule has 0 aromatic rings. The molecule has 2 unspecified atom stereocenters. The maximum Gasteiger partial charge on any atom is 0.0673 e. The third-order valence-electron chi connectivity index (χ3n) is 3.26. The minimum absolute atomic E-state index is 0.386. The monoisotopic (exact) mass is 228 g/mol. The summed E-state index contributed by atoms with van der Waals surface area (Å²) in [6.45, 7) is 14.3. The SMILES string of the molecule is CCNC(CN1CCCOC(C)C1)C(C)C. The standard InChI is InChI=1S/C13H28N2O/c1-5-14-13(11(2)3)10-15-7-6-8-16-12(4)9-15/h11-14H,5-10H2,1-4H3. The molecule has 1 heterocycles. The predicted octanol–water partition coefficient (Wildman–Crippen LogP) is 1.73. The number of hydrogen-bond acceptors (Lipinski definition) is 3. The fraction of sp³-hybridized carbons (Fsp3) is 1.00. The molecule has 16 heavy (non-hydrogen) atoms. The van der Waals surface area contributed by atoms with E-state index in [1.54, 1.807) is 0 Å². The second kappa shape index (κ2) is 7.25. The van der Waals surface area contributed by atoms with Crippen LogP contribution in [0.15, 0.2) is 0 Å². The quantitative estimate of drug-likeness (QED) is 0.775. The topological polar surface area (TPSA) is 24.5 Å². The van der Waals surface area contributed by atoms with Crippen molar-refractivity contribution in [2.75, 3.05) is 32.8 Å². The summed E-state index contributed by atoms with van der Waals surface area (Å²) in [7, 11) is 0. The van der Waals surface area contributed by atoms with Gasteiger partial charge in [-0.15, -0.1) is 0 Å². The molecule has 0 radical (unpaired) electrons. The molecule has 0 spiro atoms. The zero-order chi connectivity index (χ0) is 12.0. The molecule has 1 aliphatic rings. The van der Waals surface area contributed by atoms with Gasteiger partial charge in [0.2, 0.25) is 0 Å². The molecule has 1 aliphatic heterocycles. The van der Waals surface area contributed by atoms with Crippen LogP contribution in [-0.2, 0) is 4.74 Å². The smallest absolute Gasteiger partial charge is 0.0673 e. The van der Waals surface area contributed by atoms with E-state index in [4.69, 9.17) is 4.74 Å². The highest BCUT2D eigenvalue weighted by molar-refractivity contribution is 4.77. The molecule has 1 saturated heterocycles. The van der Waals surface area contributed by atoms with E-state index in [2.05, 4.69) is 37.9 Å². The van der Waals surface area contributed by atoms with Gasteiger partial charge >= 0.3 is 0 Å². The van der Waals surface area contributed by atoms with Gasteiger partial charge in [0.1, 0.15) is 0 Å². The van der Waals surface area contributed by atoms with Crippen molar-refractivity contribution < 1.29 is 4.74 Å². The first-order valence-corrected chi connectivity index (χ1v) is 6.70. The lowest BCUT2D eigenvalue weighted by Crippen LogP contribution is -2.45. The molecular weight excluding hydrogens is 200 g/mol. The van der Waals surface area contributed by atoms with Gasteiger partial charge in [-0.1, -0.05) is 20.8 Å². The Morgan fingerprint density at radius 1 is 1.44 bits per heavy atom. The van der Waals surface area contributed by atoms with Crippen LogP contribution in [-0.4, -0.2) is 49.8 Å². The third kappa shape index (κ3) is 4.81. The Morgan fingerprint density at radius 2 is 2.19 bits per heavy atom. The van der Waals surface area contributed by atoms with Gasteiger partial charge in [0, 0.05) is 32.3 Å². The molecule has 96 valence electrons. The van der Waals surface area contributed by atoms with Gasteiger partial charge in [-0.3, -0.25) is 4.90 Å². The molecular formula is C13H28N2O. The van der Waals surface area contributed by atoms with E-state index in [9.17, 15) is 0 Å². The molecule has 0 aromatic heterocycles. The summed E-state index contributed by atoms with van der Waals surface area (Å²) in [5.74, 6) is 0.694. The predicted molar refractivity (Wildman–Crippen MR) is 68.8 cm³/mol. The Balaban J connectivity index is 2.42. The molecule has 1 N–H and O–H groups in total. The van der Waals surface area contributed by atoms with Gasteiger partial charge < -0.3 is 10.1 Å². The molecule has 0 bridgehead atoms. The second-order valence-corrected chi connectivity index (χ2v) is 5.20. The van der Waals surface area contributed by atoms with Crippen molar-refractivity contribution in [3.05, 3.63) is 0 Å². The Kier molecular flexibility index (Phi) is 6.32. The Hall–Kier alpha value is -0.120. The number of rotatable bonds is 5. The molecule has 0 amide bonds. The van der Waals surface area contributed by atoms with Crippen LogP contribution in [0.25, 0.3) is 0 Å². The molecule has 1 rings (SSSR count). The summed E-state index contributed by atoms with van der Waals surface area (Å²) >= 11 is 0. The largest absolute Gasteiger partial charge is 0.377 e. The molecule has 3 nitrogen and oxygen atoms in total. The van der Waals surface area contributed by atoms with Crippen LogP contribution < -0.4 is 5.32 Å². The Labute approximate surface area is 101 Å². The van der Waals surface area contributed by atoms with E-state index >= 15 is 0 Å². The van der Waals surface area contributed by atoms with Crippen LogP contribution in [0, 0.1) is 5.92 Å². The van der Waals surface area contributed by atoms with Crippen molar-refractivity contribution in [1.29, 1.82) is 0 Å². The van der Waals surface area contributed by atoms with Crippen molar-refractivity contribution in [3.8, 4) is 0 Å². The first-order valence-electron chi connectivity index (χ1n) is 6.70. The number of likely N-dealkylation sites (N-methyl/N-ethyl adjacent to an activating group) is 1. The van der Waals surface area contributed by atoms with Gasteiger partial charge in [-0.05, 0) is 25.8 Å². The van der Waals surface area contributed by atoms with Crippen molar-refractivity contribution >= 4 is 0 Å². The Bertz CT molecular complexity index is 185. The normalized spacial score (nSPS) is 25.7. The molecule has 2 atom stereocenters. The van der Waals surface area contributed by atoms with Crippen molar-refractivity contribution in [2.24, 2.45) is 5.92 Å². The number of hydrogen-bond donors (Lipinski definition) is 1. The Morgan fingerprint density at radius 3 is 2.81 bits per heavy atom. The highest BCUT2D eigenvalue weighted by Gasteiger charge is 2.20. The molecule has 1 fully saturated rings. The summed E-state index contributed by atoms with van der Waals surface area (Å²) in [6.07, 6.45) is 1.55. The minimum Gasteiger partial charge on any atom is -0.377 e. The first-order chi connectivity index (χ1) is 7.63. The number of nitrogens with zero attached hydrogens (tertiary/aromatic N) is 1. The fourth-order valence-electron chi connectivity index (χ4n) is 2.30. The van der Waals surface area contributed by atoms with E-state index in [1.165, 1.54) is 13.0 Å². The summed E-state index contributed by atoms with van der Waals surface area (Å²) in [5.41, 5.74) is 0. The third-order valence-corrected chi connectivity index (χ3v) is 3.26. The number of ether oxygens (including phenoxy) is 1. The van der Waals surface area contributed by atoms with Gasteiger partial charge in [0.15, 0.2) is 0 Å². The van der Waals surface area contributed by atoms with E-state index in [1.807, 2.05) is 0 Å². The maximum atomic E-state index is 5.67. The molecule has 0 saturated carbocycles. The molecule has 3 heteroatoms. The average Bonchev–Trinajstić information content (AvgIpc) is 2.42. The lowest BCUT2D eigenvalue weighted by Gasteiger charge is -2.30. The van der Waals surface area contributed by atoms with E-state index in [-0.39, 0.29) is 0 Å². The first kappa shape index (κ1) is 13.9. The van der Waals surface area contributed by atoms with Gasteiger partial charge in [-0.2, -0.15) is 0 Å². The highest BCUT2D eigenvalue weighted by atomic mass is 16.5. The lowest BCUT2D eigenvalue weighted by molar-refractivity contribution is 0.0655. The second-order valence-electron chi connectivity index (χ2n) is 5.20. The van der Waals surface area contributed by atoms with E-state index < -0.39 is 0 Å². The van der Waals surface area contributed by atoms with Crippen LogP contribution in [0.3, 0.4) is 0 Å². The zero-order valence-electron chi connectivity index (χ0n) is 11.3. The highest BCUT2D eigenvalue weighted by Crippen LogP contribution is 2.09. The van der Waals surface area contributed by atoms with Crippen molar-refractivity contribution in [1.82, 2.24) is 10.2 Å². The lowest BCUT2D eigenvalue weighted by atomic mass is 10.0. The van der Waals surface area contributed by atoms with Crippen LogP contribution in [0.5, 0.6) is 0 Å². The van der Waals surface area contributed by atoms with E-state index in [0.29, 0.717) is 18.1 Å². The summed E-state index contributed by atoms with van der Waals surface area (Å²) in [5, 5.41) is 3.58. The maximum absolute atomic E-state index is 5.67. The fourth-order valence-corrected chi connectivity index (χ4v) is 2.30. The summed E-state index contributed by atoms with van der Waals surface area (Å²) < 4.78 is 5.67. The van der Waals surface area contributed by atoms with Crippen LogP contribution in [0.2, 0.25) is 0 Å². The van der Waals surface area contributed by atoms with Gasteiger partial charge in [0.25, 0.3) is 0 Å².